The normalized spacial score (nSPS) is 27.8. The largest absolute Gasteiger partial charge is 0.274 e. The highest BCUT2D eigenvalue weighted by molar-refractivity contribution is 6.31. The Kier molecular flexibility index (Phi) is 3.83. The second-order valence-electron chi connectivity index (χ2n) is 8.92. The third kappa shape index (κ3) is 2.15. The lowest BCUT2D eigenvalue weighted by Gasteiger charge is -2.54. The zero-order valence-electron chi connectivity index (χ0n) is 17.4. The maximum absolute atomic E-state index is 14.0. The molecule has 4 heteroatoms. The Morgan fingerprint density at radius 2 is 1.52 bits per heavy atom. The maximum Gasteiger partial charge on any atom is 0.238 e. The van der Waals surface area contributed by atoms with Crippen LogP contribution in [-0.2, 0) is 15.0 Å². The van der Waals surface area contributed by atoms with Crippen molar-refractivity contribution < 1.29 is 9.59 Å². The summed E-state index contributed by atoms with van der Waals surface area (Å²) in [6.07, 6.45) is 0.760. The summed E-state index contributed by atoms with van der Waals surface area (Å²) in [5.41, 5.74) is 5.76. The van der Waals surface area contributed by atoms with Crippen LogP contribution in [0.4, 0.5) is 5.69 Å². The highest BCUT2D eigenvalue weighted by atomic mass is 35.5. The number of carbonyl (C=O) groups is 2. The summed E-state index contributed by atoms with van der Waals surface area (Å²) >= 11 is 6.26. The second kappa shape index (κ2) is 6.30. The van der Waals surface area contributed by atoms with Crippen LogP contribution in [-0.4, -0.2) is 11.8 Å². The van der Waals surface area contributed by atoms with Gasteiger partial charge in [0.1, 0.15) is 0 Å². The zero-order chi connectivity index (χ0) is 21.5. The first kappa shape index (κ1) is 18.8. The molecule has 4 aliphatic rings. The summed E-state index contributed by atoms with van der Waals surface area (Å²) in [5.74, 6) is -1.11. The molecule has 3 nitrogen and oxygen atoms in total. The molecule has 1 fully saturated rings. The van der Waals surface area contributed by atoms with Gasteiger partial charge in [0.2, 0.25) is 11.8 Å². The Morgan fingerprint density at radius 1 is 0.903 bits per heavy atom. The molecule has 1 saturated heterocycles. The van der Waals surface area contributed by atoms with Crippen molar-refractivity contribution in [2.24, 2.45) is 11.8 Å². The Balaban J connectivity index is 1.65. The minimum Gasteiger partial charge on any atom is -0.274 e. The van der Waals surface area contributed by atoms with Crippen molar-refractivity contribution >= 4 is 29.1 Å². The van der Waals surface area contributed by atoms with E-state index in [9.17, 15) is 9.59 Å². The molecule has 7 rings (SSSR count). The van der Waals surface area contributed by atoms with Crippen molar-refractivity contribution in [1.29, 1.82) is 0 Å². The topological polar surface area (TPSA) is 37.4 Å². The van der Waals surface area contributed by atoms with Gasteiger partial charge in [-0.15, -0.1) is 0 Å². The number of benzene rings is 3. The second-order valence-corrected chi connectivity index (χ2v) is 9.36. The lowest BCUT2D eigenvalue weighted by atomic mass is 9.46. The van der Waals surface area contributed by atoms with Gasteiger partial charge in [-0.1, -0.05) is 73.1 Å². The van der Waals surface area contributed by atoms with Crippen molar-refractivity contribution in [1.82, 2.24) is 0 Å². The van der Waals surface area contributed by atoms with Crippen molar-refractivity contribution in [3.63, 3.8) is 0 Å². The van der Waals surface area contributed by atoms with Gasteiger partial charge in [-0.25, -0.2) is 4.90 Å². The summed E-state index contributed by atoms with van der Waals surface area (Å²) in [6.45, 7) is 4.06. The molecule has 0 radical (unpaired) electrons. The van der Waals surface area contributed by atoms with Crippen LogP contribution in [0.1, 0.15) is 47.1 Å². The predicted molar refractivity (Wildman–Crippen MR) is 121 cm³/mol. The first-order valence-electron chi connectivity index (χ1n) is 10.8. The fourth-order valence-electron chi connectivity index (χ4n) is 6.59. The molecule has 2 atom stereocenters. The standard InChI is InChI=1S/C27H22ClNO2/c1-3-27-19-10-6-4-8-17(19)22(18-9-5-7-11-20(18)27)23-24(27)26(31)29(25(23)30)21-14-16(28)13-12-15(21)2/h4-14,22-24H,3H2,1-2H3/t22?,23-,24-,27?/m1/s1. The number of hydrogen-bond donors (Lipinski definition) is 0. The molecular formula is C27H22ClNO2. The molecule has 2 amide bonds. The molecule has 0 saturated carbocycles. The smallest absolute Gasteiger partial charge is 0.238 e. The van der Waals surface area contributed by atoms with E-state index in [0.29, 0.717) is 10.7 Å². The van der Waals surface area contributed by atoms with E-state index >= 15 is 0 Å². The number of amides is 2. The van der Waals surface area contributed by atoms with E-state index in [2.05, 4.69) is 43.3 Å². The Labute approximate surface area is 186 Å². The molecule has 1 heterocycles. The Morgan fingerprint density at radius 3 is 2.13 bits per heavy atom. The summed E-state index contributed by atoms with van der Waals surface area (Å²) < 4.78 is 0. The Hall–Kier alpha value is -2.91. The third-order valence-electron chi connectivity index (χ3n) is 7.76. The summed E-state index contributed by atoms with van der Waals surface area (Å²) in [5, 5.41) is 0.524. The summed E-state index contributed by atoms with van der Waals surface area (Å²) in [6, 6.07) is 22.2. The number of rotatable bonds is 2. The van der Waals surface area contributed by atoms with Crippen LogP contribution in [0, 0.1) is 18.8 Å². The van der Waals surface area contributed by atoms with Crippen molar-refractivity contribution in [2.75, 3.05) is 4.90 Å². The van der Waals surface area contributed by atoms with Gasteiger partial charge in [0.15, 0.2) is 0 Å². The minimum atomic E-state index is -0.499. The van der Waals surface area contributed by atoms with Gasteiger partial charge in [0, 0.05) is 16.4 Å². The van der Waals surface area contributed by atoms with E-state index in [0.717, 1.165) is 12.0 Å². The molecule has 154 valence electrons. The van der Waals surface area contributed by atoms with Gasteiger partial charge in [0.25, 0.3) is 0 Å². The van der Waals surface area contributed by atoms with Crippen molar-refractivity contribution in [3.05, 3.63) is 99.6 Å². The minimum absolute atomic E-state index is 0.101. The molecule has 2 bridgehead atoms. The number of imide groups is 1. The number of hydrogen-bond acceptors (Lipinski definition) is 2. The van der Waals surface area contributed by atoms with Gasteiger partial charge < -0.3 is 0 Å². The molecule has 0 unspecified atom stereocenters. The van der Waals surface area contributed by atoms with Crippen LogP contribution < -0.4 is 4.90 Å². The number of nitrogens with zero attached hydrogens (tertiary/aromatic N) is 1. The zero-order valence-corrected chi connectivity index (χ0v) is 18.2. The van der Waals surface area contributed by atoms with Crippen LogP contribution >= 0.6 is 11.6 Å². The molecule has 0 spiro atoms. The Bertz CT molecular complexity index is 1230. The molecule has 3 aromatic rings. The van der Waals surface area contributed by atoms with Crippen molar-refractivity contribution in [3.8, 4) is 0 Å². The fraction of sp³-hybridized carbons (Fsp3) is 0.259. The van der Waals surface area contributed by atoms with Gasteiger partial charge in [0.05, 0.1) is 17.5 Å². The highest BCUT2D eigenvalue weighted by Gasteiger charge is 2.67. The lowest BCUT2D eigenvalue weighted by Crippen LogP contribution is -2.53. The average Bonchev–Trinajstić information content (AvgIpc) is 3.06. The monoisotopic (exact) mass is 427 g/mol. The van der Waals surface area contributed by atoms with E-state index in [1.54, 1.807) is 12.1 Å². The van der Waals surface area contributed by atoms with E-state index in [4.69, 9.17) is 11.6 Å². The van der Waals surface area contributed by atoms with E-state index in [-0.39, 0.29) is 17.7 Å². The van der Waals surface area contributed by atoms with E-state index in [1.165, 1.54) is 27.2 Å². The SMILES string of the molecule is CCC12c3ccccc3C(c3ccccc31)[C@H]1C(=O)N(c3cc(Cl)ccc3C)C(=O)[C@@H]12. The molecule has 1 aliphatic heterocycles. The predicted octanol–water partition coefficient (Wildman–Crippen LogP) is 5.61. The van der Waals surface area contributed by atoms with Crippen LogP contribution in [0.5, 0.6) is 0 Å². The number of halogens is 1. The first-order valence-corrected chi connectivity index (χ1v) is 11.2. The third-order valence-corrected chi connectivity index (χ3v) is 8.00. The van der Waals surface area contributed by atoms with Crippen molar-refractivity contribution in [2.45, 2.75) is 31.6 Å². The van der Waals surface area contributed by atoms with Crippen LogP contribution in [0.2, 0.25) is 5.02 Å². The van der Waals surface area contributed by atoms with Gasteiger partial charge in [-0.2, -0.15) is 0 Å². The van der Waals surface area contributed by atoms with Crippen LogP contribution in [0.25, 0.3) is 0 Å². The molecule has 3 aliphatic carbocycles. The number of aryl methyl sites for hydroxylation is 1. The summed E-state index contributed by atoms with van der Waals surface area (Å²) in [4.78, 5) is 29.4. The van der Waals surface area contributed by atoms with Gasteiger partial charge in [-0.05, 0) is 53.3 Å². The van der Waals surface area contributed by atoms with Gasteiger partial charge >= 0.3 is 0 Å². The molecular weight excluding hydrogens is 406 g/mol. The molecule has 31 heavy (non-hydrogen) atoms. The number of carbonyl (C=O) groups excluding carboxylic acids is 2. The quantitative estimate of drug-likeness (QED) is 0.498. The van der Waals surface area contributed by atoms with Gasteiger partial charge in [-0.3, -0.25) is 9.59 Å². The molecule has 3 aromatic carbocycles. The van der Waals surface area contributed by atoms with Crippen LogP contribution in [0.3, 0.4) is 0 Å². The van der Waals surface area contributed by atoms with Crippen LogP contribution in [0.15, 0.2) is 66.7 Å². The maximum atomic E-state index is 14.0. The van der Waals surface area contributed by atoms with E-state index in [1.807, 2.05) is 25.1 Å². The molecule has 0 N–H and O–H groups in total. The summed E-state index contributed by atoms with van der Waals surface area (Å²) in [7, 11) is 0. The van der Waals surface area contributed by atoms with E-state index < -0.39 is 17.3 Å². The number of anilines is 1. The molecule has 0 aromatic heterocycles. The fourth-order valence-corrected chi connectivity index (χ4v) is 6.76. The highest BCUT2D eigenvalue weighted by Crippen LogP contribution is 2.65. The lowest BCUT2D eigenvalue weighted by molar-refractivity contribution is -0.123. The average molecular weight is 428 g/mol. The first-order chi connectivity index (χ1) is 15.0.